The zero-order valence-corrected chi connectivity index (χ0v) is 16.9. The van der Waals surface area contributed by atoms with Crippen LogP contribution in [0.4, 0.5) is 0 Å². The fraction of sp³-hybridized carbons (Fsp3) is 0.409. The largest absolute Gasteiger partial charge is 0.488 e. The molecule has 0 amide bonds. The molecule has 1 aromatic carbocycles. The van der Waals surface area contributed by atoms with Crippen LogP contribution in [0.15, 0.2) is 35.2 Å². The Kier molecular flexibility index (Phi) is 4.60. The van der Waals surface area contributed by atoms with Crippen molar-refractivity contribution in [1.82, 2.24) is 4.90 Å². The normalized spacial score (nSPS) is 17.7. The number of carboxylic acids is 1. The summed E-state index contributed by atoms with van der Waals surface area (Å²) in [6.45, 7) is 6.18. The molecule has 0 saturated carbocycles. The average molecular weight is 384 g/mol. The Balaban J connectivity index is 1.92. The van der Waals surface area contributed by atoms with Crippen LogP contribution in [0, 0.1) is 0 Å². The van der Waals surface area contributed by atoms with E-state index in [1.807, 2.05) is 18.2 Å². The number of ether oxygens (including phenoxy) is 1. The predicted octanol–water partition coefficient (Wildman–Crippen LogP) is 4.53. The van der Waals surface area contributed by atoms with Gasteiger partial charge in [0.2, 0.25) is 0 Å². The number of aliphatic carboxylic acids is 1. The smallest absolute Gasteiger partial charge is 0.313 e. The number of hydrogen-bond acceptors (Lipinski definition) is 4. The summed E-state index contributed by atoms with van der Waals surface area (Å²) in [5, 5.41) is 11.8. The minimum Gasteiger partial charge on any atom is -0.488 e. The van der Waals surface area contributed by atoms with Crippen molar-refractivity contribution in [2.75, 3.05) is 20.1 Å². The molecule has 2 aliphatic rings. The molecule has 0 spiro atoms. The SMILES string of the molecule is CN1CCC(=C2c3cc(C(C)(C)C(=O)O)ccc3OCc3ccsc32)CC1. The van der Waals surface area contributed by atoms with Crippen LogP contribution in [0.2, 0.25) is 0 Å². The van der Waals surface area contributed by atoms with Gasteiger partial charge in [-0.1, -0.05) is 11.6 Å². The second-order valence-corrected chi connectivity index (χ2v) is 8.90. The Morgan fingerprint density at radius 3 is 2.67 bits per heavy atom. The van der Waals surface area contributed by atoms with Crippen molar-refractivity contribution in [1.29, 1.82) is 0 Å². The Hall–Kier alpha value is -2.11. The standard InChI is InChI=1S/C22H25NO3S/c1-22(2,21(24)25)16-4-5-18-17(12-16)19(14-6-9-23(3)10-7-14)20-15(13-26-18)8-11-27-20/h4-5,8,11-12H,6-7,9-10,13H2,1-3H3,(H,24,25). The van der Waals surface area contributed by atoms with Gasteiger partial charge in [-0.05, 0) is 62.9 Å². The molecule has 0 radical (unpaired) electrons. The Morgan fingerprint density at radius 2 is 1.96 bits per heavy atom. The molecule has 1 fully saturated rings. The van der Waals surface area contributed by atoms with Gasteiger partial charge in [0.05, 0.1) is 5.41 Å². The lowest BCUT2D eigenvalue weighted by molar-refractivity contribution is -0.142. The van der Waals surface area contributed by atoms with Gasteiger partial charge in [0.25, 0.3) is 0 Å². The van der Waals surface area contributed by atoms with E-state index in [0.717, 1.165) is 42.8 Å². The number of piperidine rings is 1. The first kappa shape index (κ1) is 18.3. The van der Waals surface area contributed by atoms with Gasteiger partial charge in [-0.25, -0.2) is 0 Å². The summed E-state index contributed by atoms with van der Waals surface area (Å²) in [5.41, 5.74) is 4.85. The lowest BCUT2D eigenvalue weighted by atomic mass is 9.82. The highest BCUT2D eigenvalue weighted by Crippen LogP contribution is 2.44. The van der Waals surface area contributed by atoms with E-state index in [0.29, 0.717) is 6.61 Å². The second kappa shape index (κ2) is 6.80. The summed E-state index contributed by atoms with van der Waals surface area (Å²) in [6.07, 6.45) is 2.07. The molecule has 1 saturated heterocycles. The summed E-state index contributed by atoms with van der Waals surface area (Å²) >= 11 is 1.76. The molecule has 1 aromatic heterocycles. The number of likely N-dealkylation sites (tertiary alicyclic amines) is 1. The Morgan fingerprint density at radius 1 is 1.22 bits per heavy atom. The van der Waals surface area contributed by atoms with E-state index in [1.54, 1.807) is 25.2 Å². The summed E-state index contributed by atoms with van der Waals surface area (Å²) in [6, 6.07) is 8.02. The molecule has 5 heteroatoms. The van der Waals surface area contributed by atoms with Gasteiger partial charge in [0.1, 0.15) is 12.4 Å². The Bertz CT molecular complexity index is 915. The van der Waals surface area contributed by atoms with E-state index >= 15 is 0 Å². The van der Waals surface area contributed by atoms with Crippen molar-refractivity contribution in [3.63, 3.8) is 0 Å². The molecule has 142 valence electrons. The number of rotatable bonds is 2. The van der Waals surface area contributed by atoms with Crippen LogP contribution in [0.25, 0.3) is 5.57 Å². The van der Waals surface area contributed by atoms with Gasteiger partial charge in [-0.3, -0.25) is 4.79 Å². The minimum absolute atomic E-state index is 0.560. The molecule has 4 rings (SSSR count). The van der Waals surface area contributed by atoms with Crippen LogP contribution in [0.1, 0.15) is 48.3 Å². The lowest BCUT2D eigenvalue weighted by Gasteiger charge is -2.27. The minimum atomic E-state index is -0.942. The highest BCUT2D eigenvalue weighted by Gasteiger charge is 2.32. The third-order valence-corrected chi connectivity index (χ3v) is 6.78. The molecule has 0 unspecified atom stereocenters. The number of fused-ring (bicyclic) bond motifs is 2. The summed E-state index contributed by atoms with van der Waals surface area (Å²) < 4.78 is 6.12. The number of thiophene rings is 1. The first-order valence-electron chi connectivity index (χ1n) is 9.36. The van der Waals surface area contributed by atoms with Crippen LogP contribution in [0.5, 0.6) is 5.75 Å². The Labute approximate surface area is 164 Å². The zero-order chi connectivity index (χ0) is 19.2. The van der Waals surface area contributed by atoms with Crippen molar-refractivity contribution in [2.24, 2.45) is 0 Å². The molecule has 4 nitrogen and oxygen atoms in total. The molecule has 2 aliphatic heterocycles. The van der Waals surface area contributed by atoms with E-state index in [9.17, 15) is 9.90 Å². The number of carboxylic acid groups (broad SMARTS) is 1. The van der Waals surface area contributed by atoms with Gasteiger partial charge in [-0.2, -0.15) is 0 Å². The number of hydrogen-bond donors (Lipinski definition) is 1. The quantitative estimate of drug-likeness (QED) is 0.828. The average Bonchev–Trinajstić information content (AvgIpc) is 3.04. The number of nitrogens with zero attached hydrogens (tertiary/aromatic N) is 1. The molecule has 27 heavy (non-hydrogen) atoms. The van der Waals surface area contributed by atoms with Crippen molar-refractivity contribution in [2.45, 2.75) is 38.7 Å². The predicted molar refractivity (Wildman–Crippen MR) is 109 cm³/mol. The van der Waals surface area contributed by atoms with Crippen molar-refractivity contribution < 1.29 is 14.6 Å². The topological polar surface area (TPSA) is 49.8 Å². The van der Waals surface area contributed by atoms with E-state index < -0.39 is 11.4 Å². The number of benzene rings is 1. The maximum atomic E-state index is 11.8. The first-order chi connectivity index (χ1) is 12.9. The van der Waals surface area contributed by atoms with Crippen LogP contribution >= 0.6 is 11.3 Å². The molecule has 0 bridgehead atoms. The highest BCUT2D eigenvalue weighted by atomic mass is 32.1. The molecule has 0 aliphatic carbocycles. The summed E-state index contributed by atoms with van der Waals surface area (Å²) in [7, 11) is 2.16. The molecule has 0 atom stereocenters. The van der Waals surface area contributed by atoms with Gasteiger partial charge in [0.15, 0.2) is 0 Å². The van der Waals surface area contributed by atoms with Gasteiger partial charge >= 0.3 is 5.97 Å². The van der Waals surface area contributed by atoms with E-state index in [4.69, 9.17) is 4.74 Å². The fourth-order valence-electron chi connectivity index (χ4n) is 3.80. The van der Waals surface area contributed by atoms with Gasteiger partial charge in [-0.15, -0.1) is 11.3 Å². The van der Waals surface area contributed by atoms with Crippen molar-refractivity contribution in [3.8, 4) is 5.75 Å². The molecule has 3 heterocycles. The monoisotopic (exact) mass is 383 g/mol. The summed E-state index contributed by atoms with van der Waals surface area (Å²) in [5.74, 6) is 0.0343. The van der Waals surface area contributed by atoms with Crippen LogP contribution < -0.4 is 4.74 Å². The molecule has 1 N–H and O–H groups in total. The lowest BCUT2D eigenvalue weighted by Crippen LogP contribution is -2.28. The highest BCUT2D eigenvalue weighted by molar-refractivity contribution is 7.11. The molecular weight excluding hydrogens is 358 g/mol. The summed E-state index contributed by atoms with van der Waals surface area (Å²) in [4.78, 5) is 15.4. The van der Waals surface area contributed by atoms with E-state index in [2.05, 4.69) is 23.4 Å². The molecule has 2 aromatic rings. The fourth-order valence-corrected chi connectivity index (χ4v) is 4.82. The van der Waals surface area contributed by atoms with Crippen LogP contribution in [-0.2, 0) is 16.8 Å². The van der Waals surface area contributed by atoms with Crippen LogP contribution in [0.3, 0.4) is 0 Å². The van der Waals surface area contributed by atoms with E-state index in [-0.39, 0.29) is 0 Å². The van der Waals surface area contributed by atoms with E-state index in [1.165, 1.54) is 21.6 Å². The van der Waals surface area contributed by atoms with Gasteiger partial charge in [0, 0.05) is 34.7 Å². The molecular formula is C22H25NO3S. The van der Waals surface area contributed by atoms with Gasteiger partial charge < -0.3 is 14.7 Å². The maximum absolute atomic E-state index is 11.8. The van der Waals surface area contributed by atoms with Crippen molar-refractivity contribution >= 4 is 22.9 Å². The first-order valence-corrected chi connectivity index (χ1v) is 10.2. The third-order valence-electron chi connectivity index (χ3n) is 5.81. The third kappa shape index (κ3) is 3.19. The van der Waals surface area contributed by atoms with Crippen molar-refractivity contribution in [3.05, 3.63) is 56.8 Å². The second-order valence-electron chi connectivity index (χ2n) is 7.99. The van der Waals surface area contributed by atoms with Crippen LogP contribution in [-0.4, -0.2) is 36.1 Å². The number of carbonyl (C=O) groups is 1. The maximum Gasteiger partial charge on any atom is 0.313 e. The zero-order valence-electron chi connectivity index (χ0n) is 16.0.